The van der Waals surface area contributed by atoms with E-state index >= 15 is 0 Å². The number of fused-ring (bicyclic) bond motifs is 2. The van der Waals surface area contributed by atoms with Gasteiger partial charge in [0.25, 0.3) is 5.91 Å². The predicted molar refractivity (Wildman–Crippen MR) is 134 cm³/mol. The van der Waals surface area contributed by atoms with Crippen molar-refractivity contribution in [2.45, 2.75) is 37.5 Å². The lowest BCUT2D eigenvalue weighted by molar-refractivity contribution is -0.127. The van der Waals surface area contributed by atoms with Gasteiger partial charge in [0.05, 0.1) is 6.42 Å². The molecule has 8 heteroatoms. The molecule has 0 saturated heterocycles. The van der Waals surface area contributed by atoms with Gasteiger partial charge in [0, 0.05) is 47.3 Å². The summed E-state index contributed by atoms with van der Waals surface area (Å²) in [4.78, 5) is 33.0. The maximum Gasteiger partial charge on any atom is 0.267 e. The van der Waals surface area contributed by atoms with E-state index in [-0.39, 0.29) is 30.7 Å². The number of carbonyl (C=O) groups is 2. The molecule has 2 aromatic heterocycles. The molecular formula is C27H25ClN4O3. The van der Waals surface area contributed by atoms with Crippen molar-refractivity contribution in [1.29, 1.82) is 0 Å². The number of benzene rings is 2. The smallest absolute Gasteiger partial charge is 0.267 e. The highest BCUT2D eigenvalue weighted by Gasteiger charge is 2.40. The monoisotopic (exact) mass is 488 g/mol. The second kappa shape index (κ2) is 9.52. The van der Waals surface area contributed by atoms with Crippen LogP contribution in [0, 0.1) is 0 Å². The zero-order valence-electron chi connectivity index (χ0n) is 18.9. The SMILES string of the molecule is O=C(C[C@@]1(O)CC(NC(=O)c2cc3cc(Cl)ccc3[nH]2)Cc2ccccc21)NCc1cccnc1. The van der Waals surface area contributed by atoms with Crippen molar-refractivity contribution in [3.8, 4) is 0 Å². The van der Waals surface area contributed by atoms with Gasteiger partial charge in [0.1, 0.15) is 11.3 Å². The number of aromatic nitrogens is 2. The third kappa shape index (κ3) is 5.06. The number of H-pyrrole nitrogens is 1. The Morgan fingerprint density at radius 3 is 2.83 bits per heavy atom. The fourth-order valence-corrected chi connectivity index (χ4v) is 4.98. The second-order valence-corrected chi connectivity index (χ2v) is 9.43. The lowest BCUT2D eigenvalue weighted by Crippen LogP contribution is -2.48. The summed E-state index contributed by atoms with van der Waals surface area (Å²) in [6, 6.07) is 18.0. The van der Waals surface area contributed by atoms with Gasteiger partial charge in [0.2, 0.25) is 5.91 Å². The highest BCUT2D eigenvalue weighted by Crippen LogP contribution is 2.38. The molecule has 0 saturated carbocycles. The van der Waals surface area contributed by atoms with Crippen molar-refractivity contribution < 1.29 is 14.7 Å². The third-order valence-electron chi connectivity index (χ3n) is 6.40. The van der Waals surface area contributed by atoms with E-state index < -0.39 is 5.60 Å². The molecule has 1 unspecified atom stereocenters. The maximum atomic E-state index is 13.0. The molecule has 2 aromatic carbocycles. The highest BCUT2D eigenvalue weighted by atomic mass is 35.5. The van der Waals surface area contributed by atoms with Crippen LogP contribution in [0.5, 0.6) is 0 Å². The van der Waals surface area contributed by atoms with Crippen LogP contribution in [0.4, 0.5) is 0 Å². The number of aromatic amines is 1. The van der Waals surface area contributed by atoms with Gasteiger partial charge < -0.3 is 20.7 Å². The molecule has 0 spiro atoms. The minimum atomic E-state index is -1.40. The minimum absolute atomic E-state index is 0.110. The molecule has 2 atom stereocenters. The minimum Gasteiger partial charge on any atom is -0.385 e. The van der Waals surface area contributed by atoms with E-state index in [4.69, 9.17) is 11.6 Å². The molecule has 0 aliphatic heterocycles. The predicted octanol–water partition coefficient (Wildman–Crippen LogP) is 3.86. The summed E-state index contributed by atoms with van der Waals surface area (Å²) in [6.07, 6.45) is 4.04. The highest BCUT2D eigenvalue weighted by molar-refractivity contribution is 6.31. The summed E-state index contributed by atoms with van der Waals surface area (Å²) < 4.78 is 0. The Morgan fingerprint density at radius 2 is 2.00 bits per heavy atom. The number of hydrogen-bond donors (Lipinski definition) is 4. The van der Waals surface area contributed by atoms with E-state index in [1.165, 1.54) is 0 Å². The molecule has 4 aromatic rings. The van der Waals surface area contributed by atoms with Gasteiger partial charge in [-0.3, -0.25) is 14.6 Å². The second-order valence-electron chi connectivity index (χ2n) is 9.00. The van der Waals surface area contributed by atoms with E-state index in [0.717, 1.165) is 27.6 Å². The van der Waals surface area contributed by atoms with E-state index in [1.807, 2.05) is 36.4 Å². The van der Waals surface area contributed by atoms with Gasteiger partial charge in [-0.2, -0.15) is 0 Å². The van der Waals surface area contributed by atoms with Crippen LogP contribution in [0.2, 0.25) is 5.02 Å². The van der Waals surface area contributed by atoms with Gasteiger partial charge in [0.15, 0.2) is 0 Å². The van der Waals surface area contributed by atoms with Crippen molar-refractivity contribution in [3.05, 3.63) is 100 Å². The topological polar surface area (TPSA) is 107 Å². The van der Waals surface area contributed by atoms with Crippen molar-refractivity contribution in [3.63, 3.8) is 0 Å². The number of hydrogen-bond acceptors (Lipinski definition) is 4. The van der Waals surface area contributed by atoms with Crippen LogP contribution in [0.25, 0.3) is 10.9 Å². The molecule has 0 radical (unpaired) electrons. The van der Waals surface area contributed by atoms with E-state index in [2.05, 4.69) is 20.6 Å². The first-order valence-corrected chi connectivity index (χ1v) is 11.8. The first-order chi connectivity index (χ1) is 16.9. The first-order valence-electron chi connectivity index (χ1n) is 11.5. The Kier molecular flexibility index (Phi) is 6.28. The molecule has 2 heterocycles. The van der Waals surface area contributed by atoms with Gasteiger partial charge in [-0.1, -0.05) is 41.9 Å². The fraction of sp³-hybridized carbons (Fsp3) is 0.222. The van der Waals surface area contributed by atoms with Gasteiger partial charge >= 0.3 is 0 Å². The summed E-state index contributed by atoms with van der Waals surface area (Å²) in [7, 11) is 0. The summed E-state index contributed by atoms with van der Waals surface area (Å²) in [6.45, 7) is 0.328. The first kappa shape index (κ1) is 23.1. The number of amides is 2. The number of nitrogens with one attached hydrogen (secondary N) is 3. The molecule has 1 aliphatic carbocycles. The Balaban J connectivity index is 1.31. The van der Waals surface area contributed by atoms with Crippen LogP contribution in [-0.4, -0.2) is 32.9 Å². The van der Waals surface area contributed by atoms with Gasteiger partial charge in [-0.05, 0) is 53.4 Å². The number of halogens is 1. The van der Waals surface area contributed by atoms with Crippen molar-refractivity contribution in [2.24, 2.45) is 0 Å². The molecule has 0 bridgehead atoms. The van der Waals surface area contributed by atoms with Crippen molar-refractivity contribution in [2.75, 3.05) is 0 Å². The number of carbonyl (C=O) groups excluding carboxylic acids is 2. The summed E-state index contributed by atoms with van der Waals surface area (Å²) in [5.41, 5.74) is 2.34. The van der Waals surface area contributed by atoms with Gasteiger partial charge in [-0.25, -0.2) is 0 Å². The maximum absolute atomic E-state index is 13.0. The Hall–Kier alpha value is -3.68. The van der Waals surface area contributed by atoms with Crippen LogP contribution in [-0.2, 0) is 23.4 Å². The van der Waals surface area contributed by atoms with Crippen LogP contribution < -0.4 is 10.6 Å². The summed E-state index contributed by atoms with van der Waals surface area (Å²) in [5.74, 6) is -0.546. The lowest BCUT2D eigenvalue weighted by atomic mass is 9.74. The Morgan fingerprint density at radius 1 is 1.14 bits per heavy atom. The average Bonchev–Trinajstić information content (AvgIpc) is 3.27. The normalized spacial score (nSPS) is 19.2. The molecule has 7 nitrogen and oxygen atoms in total. The van der Waals surface area contributed by atoms with Crippen molar-refractivity contribution in [1.82, 2.24) is 20.6 Å². The molecule has 4 N–H and O–H groups in total. The molecule has 2 amide bonds. The quantitative estimate of drug-likeness (QED) is 0.330. The van der Waals surface area contributed by atoms with Crippen LogP contribution in [0.3, 0.4) is 0 Å². The fourth-order valence-electron chi connectivity index (χ4n) is 4.80. The Labute approximate surface area is 207 Å². The third-order valence-corrected chi connectivity index (χ3v) is 6.63. The molecule has 5 rings (SSSR count). The number of pyridine rings is 1. The van der Waals surface area contributed by atoms with E-state index in [0.29, 0.717) is 23.7 Å². The molecule has 0 fully saturated rings. The van der Waals surface area contributed by atoms with Gasteiger partial charge in [-0.15, -0.1) is 0 Å². The lowest BCUT2D eigenvalue weighted by Gasteiger charge is -2.38. The average molecular weight is 489 g/mol. The zero-order valence-corrected chi connectivity index (χ0v) is 19.7. The molecular weight excluding hydrogens is 464 g/mol. The standard InChI is InChI=1S/C27H25ClN4O3/c28-20-7-8-23-19(10-20)12-24(32-23)26(34)31-21-11-18-5-1-2-6-22(18)27(35,13-21)14-25(33)30-16-17-4-3-9-29-15-17/h1-10,12,15,21,32,35H,11,13-14,16H2,(H,30,33)(H,31,34)/t21?,27-/m0/s1. The zero-order chi connectivity index (χ0) is 24.4. The van der Waals surface area contributed by atoms with E-state index in [9.17, 15) is 14.7 Å². The largest absolute Gasteiger partial charge is 0.385 e. The number of aliphatic hydroxyl groups is 1. The summed E-state index contributed by atoms with van der Waals surface area (Å²) >= 11 is 6.06. The molecule has 1 aliphatic rings. The van der Waals surface area contributed by atoms with Crippen LogP contribution in [0.1, 0.15) is 40.0 Å². The van der Waals surface area contributed by atoms with Crippen LogP contribution >= 0.6 is 11.6 Å². The Bertz CT molecular complexity index is 1390. The number of rotatable bonds is 6. The van der Waals surface area contributed by atoms with E-state index in [1.54, 1.807) is 36.7 Å². The number of nitrogens with zero attached hydrogens (tertiary/aromatic N) is 1. The van der Waals surface area contributed by atoms with Crippen LogP contribution in [0.15, 0.2) is 73.1 Å². The molecule has 35 heavy (non-hydrogen) atoms. The van der Waals surface area contributed by atoms with Crippen molar-refractivity contribution >= 4 is 34.3 Å². The molecule has 178 valence electrons. The summed E-state index contributed by atoms with van der Waals surface area (Å²) in [5, 5.41) is 19.0.